The fraction of sp³-hybridized carbons (Fsp3) is 0.889. The Morgan fingerprint density at radius 1 is 1.31 bits per heavy atom. The average molecular weight is 186 g/mol. The molecule has 4 nitrogen and oxygen atoms in total. The van der Waals surface area contributed by atoms with Gasteiger partial charge in [-0.1, -0.05) is 6.92 Å². The zero-order chi connectivity index (χ0) is 9.42. The Morgan fingerprint density at radius 3 is 2.69 bits per heavy atom. The maximum Gasteiger partial charge on any atom is 0.303 e. The summed E-state index contributed by atoms with van der Waals surface area (Å²) in [5.74, 6) is 0.142. The van der Waals surface area contributed by atoms with Crippen molar-refractivity contribution in [2.24, 2.45) is 5.92 Å². The molecule has 13 heavy (non-hydrogen) atoms. The molecule has 2 fully saturated rings. The van der Waals surface area contributed by atoms with Crippen LogP contribution < -0.4 is 0 Å². The second kappa shape index (κ2) is 3.27. The molecule has 0 spiro atoms. The number of ether oxygens (including phenoxy) is 3. The van der Waals surface area contributed by atoms with Crippen molar-refractivity contribution < 1.29 is 19.0 Å². The van der Waals surface area contributed by atoms with E-state index < -0.39 is 0 Å². The largest absolute Gasteiger partial charge is 0.457 e. The molecule has 0 unspecified atom stereocenters. The van der Waals surface area contributed by atoms with Crippen molar-refractivity contribution in [1.29, 1.82) is 0 Å². The third kappa shape index (κ3) is 1.56. The van der Waals surface area contributed by atoms with Gasteiger partial charge < -0.3 is 14.2 Å². The minimum Gasteiger partial charge on any atom is -0.457 e. The molecule has 0 amide bonds. The van der Waals surface area contributed by atoms with E-state index in [9.17, 15) is 4.79 Å². The lowest BCUT2D eigenvalue weighted by molar-refractivity contribution is -0.150. The van der Waals surface area contributed by atoms with E-state index in [0.717, 1.165) is 0 Å². The Bertz CT molecular complexity index is 216. The Hall–Kier alpha value is -0.610. The van der Waals surface area contributed by atoms with Crippen LogP contribution in [0.1, 0.15) is 13.8 Å². The van der Waals surface area contributed by atoms with Gasteiger partial charge in [-0.3, -0.25) is 4.79 Å². The van der Waals surface area contributed by atoms with Crippen molar-refractivity contribution in [2.75, 3.05) is 13.2 Å². The molecule has 0 N–H and O–H groups in total. The number of esters is 1. The van der Waals surface area contributed by atoms with Gasteiger partial charge in [0, 0.05) is 12.8 Å². The highest BCUT2D eigenvalue weighted by molar-refractivity contribution is 5.66. The van der Waals surface area contributed by atoms with E-state index in [4.69, 9.17) is 14.2 Å². The van der Waals surface area contributed by atoms with Crippen LogP contribution in [-0.4, -0.2) is 37.5 Å². The Labute approximate surface area is 77.1 Å². The zero-order valence-electron chi connectivity index (χ0n) is 7.86. The maximum absolute atomic E-state index is 10.7. The summed E-state index contributed by atoms with van der Waals surface area (Å²) in [6, 6.07) is 0. The van der Waals surface area contributed by atoms with Gasteiger partial charge in [0.2, 0.25) is 0 Å². The number of hydrogen-bond acceptors (Lipinski definition) is 4. The van der Waals surface area contributed by atoms with E-state index >= 15 is 0 Å². The van der Waals surface area contributed by atoms with E-state index in [1.807, 2.05) is 0 Å². The number of hydrogen-bond donors (Lipinski definition) is 0. The van der Waals surface area contributed by atoms with Gasteiger partial charge in [-0.2, -0.15) is 0 Å². The highest BCUT2D eigenvalue weighted by Crippen LogP contribution is 2.32. The first-order valence-corrected chi connectivity index (χ1v) is 4.59. The quantitative estimate of drug-likeness (QED) is 0.554. The van der Waals surface area contributed by atoms with Gasteiger partial charge in [0.05, 0.1) is 19.3 Å². The fourth-order valence-electron chi connectivity index (χ4n) is 1.97. The van der Waals surface area contributed by atoms with Gasteiger partial charge in [-0.25, -0.2) is 0 Å². The van der Waals surface area contributed by atoms with Crippen molar-refractivity contribution in [2.45, 2.75) is 32.2 Å². The lowest BCUT2D eigenvalue weighted by Gasteiger charge is -2.15. The molecule has 0 aromatic heterocycles. The summed E-state index contributed by atoms with van der Waals surface area (Å²) < 4.78 is 16.1. The zero-order valence-corrected chi connectivity index (χ0v) is 7.86. The van der Waals surface area contributed by atoms with Crippen LogP contribution in [0.15, 0.2) is 0 Å². The van der Waals surface area contributed by atoms with Crippen molar-refractivity contribution in [3.8, 4) is 0 Å². The Kier molecular flexibility index (Phi) is 2.26. The first-order valence-electron chi connectivity index (χ1n) is 4.59. The molecule has 0 aliphatic carbocycles. The summed E-state index contributed by atoms with van der Waals surface area (Å²) in [5.41, 5.74) is 0. The van der Waals surface area contributed by atoms with Crippen LogP contribution in [-0.2, 0) is 19.0 Å². The molecule has 4 atom stereocenters. The molecule has 2 aliphatic heterocycles. The van der Waals surface area contributed by atoms with E-state index in [1.165, 1.54) is 6.92 Å². The number of carbonyl (C=O) groups is 1. The molecule has 74 valence electrons. The molecule has 0 aromatic carbocycles. The van der Waals surface area contributed by atoms with Gasteiger partial charge in [0.15, 0.2) is 6.10 Å². The molecular weight excluding hydrogens is 172 g/mol. The minimum atomic E-state index is -0.266. The summed E-state index contributed by atoms with van der Waals surface area (Å²) >= 11 is 0. The van der Waals surface area contributed by atoms with Gasteiger partial charge in [-0.05, 0) is 0 Å². The molecular formula is C9H14O4. The molecule has 2 heterocycles. The molecule has 4 heteroatoms. The summed E-state index contributed by atoms with van der Waals surface area (Å²) in [6.45, 7) is 4.67. The predicted molar refractivity (Wildman–Crippen MR) is 44.2 cm³/mol. The van der Waals surface area contributed by atoms with Crippen LogP contribution in [0, 0.1) is 5.92 Å². The van der Waals surface area contributed by atoms with E-state index in [-0.39, 0.29) is 24.3 Å². The fourth-order valence-corrected chi connectivity index (χ4v) is 1.97. The molecule has 2 rings (SSSR count). The van der Waals surface area contributed by atoms with Crippen LogP contribution in [0.25, 0.3) is 0 Å². The first-order chi connectivity index (χ1) is 6.18. The maximum atomic E-state index is 10.7. The first kappa shape index (κ1) is 8.97. The third-order valence-corrected chi connectivity index (χ3v) is 2.57. The van der Waals surface area contributed by atoms with Crippen molar-refractivity contribution >= 4 is 5.97 Å². The second-order valence-electron chi connectivity index (χ2n) is 3.72. The van der Waals surface area contributed by atoms with Gasteiger partial charge in [0.25, 0.3) is 0 Å². The standard InChI is InChI=1S/C9H14O4/c1-5-3-11-9-7(13-6(2)10)4-12-8(5)9/h5,7-9H,3-4H2,1-2H3/t5-,7+,8-,9-/m0/s1. The molecule has 0 aromatic rings. The Balaban J connectivity index is 1.98. The van der Waals surface area contributed by atoms with E-state index in [1.54, 1.807) is 0 Å². The monoisotopic (exact) mass is 186 g/mol. The Morgan fingerprint density at radius 2 is 2.00 bits per heavy atom. The highest BCUT2D eigenvalue weighted by atomic mass is 16.6. The van der Waals surface area contributed by atoms with Crippen molar-refractivity contribution in [1.82, 2.24) is 0 Å². The minimum absolute atomic E-state index is 0.0427. The van der Waals surface area contributed by atoms with Crippen LogP contribution in [0.3, 0.4) is 0 Å². The summed E-state index contributed by atoms with van der Waals surface area (Å²) in [6.07, 6.45) is -0.129. The number of rotatable bonds is 1. The van der Waals surface area contributed by atoms with Crippen LogP contribution >= 0.6 is 0 Å². The van der Waals surface area contributed by atoms with Gasteiger partial charge in [-0.15, -0.1) is 0 Å². The smallest absolute Gasteiger partial charge is 0.303 e. The second-order valence-corrected chi connectivity index (χ2v) is 3.72. The van der Waals surface area contributed by atoms with E-state index in [0.29, 0.717) is 19.1 Å². The third-order valence-electron chi connectivity index (χ3n) is 2.57. The topological polar surface area (TPSA) is 44.8 Å². The number of carbonyl (C=O) groups excluding carboxylic acids is 1. The number of fused-ring (bicyclic) bond motifs is 1. The van der Waals surface area contributed by atoms with Crippen LogP contribution in [0.2, 0.25) is 0 Å². The summed E-state index contributed by atoms with van der Waals surface area (Å²) in [7, 11) is 0. The van der Waals surface area contributed by atoms with Crippen LogP contribution in [0.4, 0.5) is 0 Å². The molecule has 0 saturated carbocycles. The van der Waals surface area contributed by atoms with Gasteiger partial charge in [0.1, 0.15) is 6.10 Å². The summed E-state index contributed by atoms with van der Waals surface area (Å²) in [5, 5.41) is 0. The van der Waals surface area contributed by atoms with E-state index in [2.05, 4.69) is 6.92 Å². The lowest BCUT2D eigenvalue weighted by atomic mass is 10.0. The predicted octanol–water partition coefficient (Wildman–Crippen LogP) is 0.352. The van der Waals surface area contributed by atoms with Crippen molar-refractivity contribution in [3.05, 3.63) is 0 Å². The molecule has 2 saturated heterocycles. The normalized spacial score (nSPS) is 43.2. The van der Waals surface area contributed by atoms with Crippen LogP contribution in [0.5, 0.6) is 0 Å². The SMILES string of the molecule is CC(=O)O[C@@H]1CO[C@@H]2[C@H]1OC[C@@H]2C. The highest BCUT2D eigenvalue weighted by Gasteiger charge is 2.47. The van der Waals surface area contributed by atoms with Crippen molar-refractivity contribution in [3.63, 3.8) is 0 Å². The average Bonchev–Trinajstić information content (AvgIpc) is 2.56. The molecule has 0 radical (unpaired) electrons. The molecule has 2 aliphatic rings. The lowest BCUT2D eigenvalue weighted by Crippen LogP contribution is -2.32. The summed E-state index contributed by atoms with van der Waals surface area (Å²) in [4.78, 5) is 10.7. The molecule has 0 bridgehead atoms. The van der Waals surface area contributed by atoms with Gasteiger partial charge >= 0.3 is 5.97 Å².